The van der Waals surface area contributed by atoms with Gasteiger partial charge >= 0.3 is 5.97 Å². The molecule has 0 fully saturated rings. The topological polar surface area (TPSA) is 26.3 Å². The van der Waals surface area contributed by atoms with E-state index in [0.29, 0.717) is 18.4 Å². The van der Waals surface area contributed by atoms with E-state index in [1.54, 1.807) is 0 Å². The highest BCUT2D eigenvalue weighted by molar-refractivity contribution is 5.69. The molecule has 13 heavy (non-hydrogen) atoms. The predicted octanol–water partition coefficient (Wildman–Crippen LogP) is 3.16. The highest BCUT2D eigenvalue weighted by Gasteiger charge is 2.15. The van der Waals surface area contributed by atoms with Gasteiger partial charge in [-0.1, -0.05) is 27.2 Å². The summed E-state index contributed by atoms with van der Waals surface area (Å²) >= 11 is 0. The molecular weight excluding hydrogens is 164 g/mol. The molecule has 0 N–H and O–H groups in total. The summed E-state index contributed by atoms with van der Waals surface area (Å²) < 4.78 is 4.85. The van der Waals surface area contributed by atoms with Crippen LogP contribution in [0, 0.1) is 5.41 Å². The summed E-state index contributed by atoms with van der Waals surface area (Å²) in [6, 6.07) is 0. The van der Waals surface area contributed by atoms with Crippen LogP contribution in [0.1, 0.15) is 53.4 Å². The zero-order valence-corrected chi connectivity index (χ0v) is 9.35. The first-order valence-electron chi connectivity index (χ1n) is 5.17. The van der Waals surface area contributed by atoms with Crippen LogP contribution in [0.25, 0.3) is 0 Å². The lowest BCUT2D eigenvalue weighted by Crippen LogP contribution is -2.11. The first kappa shape index (κ1) is 12.5. The third kappa shape index (κ3) is 6.62. The standard InChI is InChI=1S/C11H22O2/c1-5-11(3,4)9-7-8-10(12)13-6-2/h5-9H2,1-4H3. The van der Waals surface area contributed by atoms with Crippen molar-refractivity contribution in [3.05, 3.63) is 0 Å². The molecule has 78 valence electrons. The second kappa shape index (κ2) is 6.01. The summed E-state index contributed by atoms with van der Waals surface area (Å²) in [7, 11) is 0. The Morgan fingerprint density at radius 2 is 1.92 bits per heavy atom. The monoisotopic (exact) mass is 186 g/mol. The van der Waals surface area contributed by atoms with Crippen LogP contribution in [0.3, 0.4) is 0 Å². The van der Waals surface area contributed by atoms with Crippen LogP contribution in [0.2, 0.25) is 0 Å². The molecule has 0 unspecified atom stereocenters. The van der Waals surface area contributed by atoms with Crippen molar-refractivity contribution < 1.29 is 9.53 Å². The van der Waals surface area contributed by atoms with Crippen molar-refractivity contribution in [1.82, 2.24) is 0 Å². The maximum absolute atomic E-state index is 11.0. The largest absolute Gasteiger partial charge is 0.466 e. The zero-order valence-electron chi connectivity index (χ0n) is 9.35. The third-order valence-electron chi connectivity index (χ3n) is 2.50. The Morgan fingerprint density at radius 3 is 2.38 bits per heavy atom. The van der Waals surface area contributed by atoms with Crippen molar-refractivity contribution in [2.45, 2.75) is 53.4 Å². The van der Waals surface area contributed by atoms with Gasteiger partial charge in [-0.3, -0.25) is 4.79 Å². The number of rotatable bonds is 6. The molecule has 0 amide bonds. The quantitative estimate of drug-likeness (QED) is 0.596. The number of hydrogen-bond donors (Lipinski definition) is 0. The fraction of sp³-hybridized carbons (Fsp3) is 0.909. The minimum absolute atomic E-state index is 0.0607. The third-order valence-corrected chi connectivity index (χ3v) is 2.50. The van der Waals surface area contributed by atoms with Crippen LogP contribution in [-0.2, 0) is 9.53 Å². The van der Waals surface area contributed by atoms with Crippen LogP contribution in [-0.4, -0.2) is 12.6 Å². The van der Waals surface area contributed by atoms with Crippen LogP contribution in [0.4, 0.5) is 0 Å². The fourth-order valence-corrected chi connectivity index (χ4v) is 1.12. The normalized spacial score (nSPS) is 11.4. The van der Waals surface area contributed by atoms with Crippen molar-refractivity contribution in [3.8, 4) is 0 Å². The Kier molecular flexibility index (Phi) is 5.76. The van der Waals surface area contributed by atoms with E-state index in [1.165, 1.54) is 0 Å². The first-order valence-corrected chi connectivity index (χ1v) is 5.17. The molecule has 0 aromatic rings. The SMILES string of the molecule is CCOC(=O)CCCC(C)(C)CC. The molecule has 0 saturated carbocycles. The van der Waals surface area contributed by atoms with Crippen molar-refractivity contribution >= 4 is 5.97 Å². The molecule has 2 nitrogen and oxygen atoms in total. The summed E-state index contributed by atoms with van der Waals surface area (Å²) in [4.78, 5) is 11.0. The maximum Gasteiger partial charge on any atom is 0.305 e. The summed E-state index contributed by atoms with van der Waals surface area (Å²) in [5.41, 5.74) is 0.368. The van der Waals surface area contributed by atoms with Crippen LogP contribution in [0.5, 0.6) is 0 Å². The van der Waals surface area contributed by atoms with E-state index >= 15 is 0 Å². The van der Waals surface area contributed by atoms with Gasteiger partial charge in [-0.05, 0) is 25.2 Å². The minimum atomic E-state index is -0.0607. The zero-order chi connectivity index (χ0) is 10.3. The first-order chi connectivity index (χ1) is 6.02. The van der Waals surface area contributed by atoms with Gasteiger partial charge in [0.1, 0.15) is 0 Å². The van der Waals surface area contributed by atoms with Crippen LogP contribution in [0.15, 0.2) is 0 Å². The second-order valence-electron chi connectivity index (χ2n) is 4.18. The van der Waals surface area contributed by atoms with Crippen LogP contribution >= 0.6 is 0 Å². The van der Waals surface area contributed by atoms with E-state index in [4.69, 9.17) is 4.74 Å². The van der Waals surface area contributed by atoms with Crippen molar-refractivity contribution in [2.24, 2.45) is 5.41 Å². The molecule has 0 radical (unpaired) electrons. The summed E-state index contributed by atoms with van der Waals surface area (Å²) in [5.74, 6) is -0.0607. The predicted molar refractivity (Wildman–Crippen MR) is 54.6 cm³/mol. The maximum atomic E-state index is 11.0. The summed E-state index contributed by atoms with van der Waals surface area (Å²) in [5, 5.41) is 0. The molecule has 0 bridgehead atoms. The van der Waals surface area contributed by atoms with E-state index in [2.05, 4.69) is 20.8 Å². The number of ether oxygens (including phenoxy) is 1. The Morgan fingerprint density at radius 1 is 1.31 bits per heavy atom. The van der Waals surface area contributed by atoms with Crippen molar-refractivity contribution in [1.29, 1.82) is 0 Å². The van der Waals surface area contributed by atoms with Gasteiger partial charge in [0.05, 0.1) is 6.61 Å². The average molecular weight is 186 g/mol. The van der Waals surface area contributed by atoms with Gasteiger partial charge in [0, 0.05) is 6.42 Å². The second-order valence-corrected chi connectivity index (χ2v) is 4.18. The Bertz CT molecular complexity index is 150. The summed E-state index contributed by atoms with van der Waals surface area (Å²) in [6.45, 7) is 8.99. The number of esters is 1. The van der Waals surface area contributed by atoms with E-state index in [0.717, 1.165) is 19.3 Å². The molecule has 0 aromatic heterocycles. The molecule has 0 heterocycles. The lowest BCUT2D eigenvalue weighted by atomic mass is 9.85. The number of carbonyl (C=O) groups is 1. The molecule has 0 aliphatic heterocycles. The van der Waals surface area contributed by atoms with Gasteiger partial charge in [-0.2, -0.15) is 0 Å². The fourth-order valence-electron chi connectivity index (χ4n) is 1.12. The Balaban J connectivity index is 3.50. The molecule has 0 spiro atoms. The molecule has 2 heteroatoms. The van der Waals surface area contributed by atoms with E-state index in [1.807, 2.05) is 6.92 Å². The smallest absolute Gasteiger partial charge is 0.305 e. The molecule has 0 aromatic carbocycles. The molecule has 0 rings (SSSR count). The van der Waals surface area contributed by atoms with E-state index < -0.39 is 0 Å². The van der Waals surface area contributed by atoms with Gasteiger partial charge in [0.2, 0.25) is 0 Å². The number of hydrogen-bond acceptors (Lipinski definition) is 2. The highest BCUT2D eigenvalue weighted by atomic mass is 16.5. The Labute approximate surface area is 81.7 Å². The number of carbonyl (C=O) groups excluding carboxylic acids is 1. The molecule has 0 aliphatic rings. The van der Waals surface area contributed by atoms with E-state index in [-0.39, 0.29) is 5.97 Å². The average Bonchev–Trinajstić information content (AvgIpc) is 2.05. The lowest BCUT2D eigenvalue weighted by molar-refractivity contribution is -0.143. The van der Waals surface area contributed by atoms with Gasteiger partial charge in [0.15, 0.2) is 0 Å². The van der Waals surface area contributed by atoms with Crippen molar-refractivity contribution in [2.75, 3.05) is 6.61 Å². The molecular formula is C11H22O2. The summed E-state index contributed by atoms with van der Waals surface area (Å²) in [6.07, 6.45) is 3.77. The van der Waals surface area contributed by atoms with Gasteiger partial charge < -0.3 is 4.74 Å². The molecule has 0 atom stereocenters. The van der Waals surface area contributed by atoms with Crippen LogP contribution < -0.4 is 0 Å². The molecule has 0 aliphatic carbocycles. The van der Waals surface area contributed by atoms with Crippen molar-refractivity contribution in [3.63, 3.8) is 0 Å². The minimum Gasteiger partial charge on any atom is -0.466 e. The lowest BCUT2D eigenvalue weighted by Gasteiger charge is -2.21. The van der Waals surface area contributed by atoms with Gasteiger partial charge in [0.25, 0.3) is 0 Å². The molecule has 0 saturated heterocycles. The highest BCUT2D eigenvalue weighted by Crippen LogP contribution is 2.26. The van der Waals surface area contributed by atoms with Gasteiger partial charge in [-0.15, -0.1) is 0 Å². The van der Waals surface area contributed by atoms with Gasteiger partial charge in [-0.25, -0.2) is 0 Å². The Hall–Kier alpha value is -0.530. The van der Waals surface area contributed by atoms with E-state index in [9.17, 15) is 4.79 Å².